The molecule has 114 valence electrons. The van der Waals surface area contributed by atoms with Crippen LogP contribution in [-0.2, 0) is 0 Å². The lowest BCUT2D eigenvalue weighted by Crippen LogP contribution is -2.16. The fourth-order valence-corrected chi connectivity index (χ4v) is 4.56. The smallest absolute Gasteiger partial charge is 0.347 e. The van der Waals surface area contributed by atoms with E-state index in [4.69, 9.17) is 0 Å². The van der Waals surface area contributed by atoms with E-state index in [-0.39, 0.29) is 0 Å². The molecule has 1 aliphatic carbocycles. The summed E-state index contributed by atoms with van der Waals surface area (Å²) in [7, 11) is 0. The summed E-state index contributed by atoms with van der Waals surface area (Å²) in [6.07, 6.45) is 12.3. The Hall–Kier alpha value is -1.36. The summed E-state index contributed by atoms with van der Waals surface area (Å²) in [4.78, 5) is 17.0. The highest BCUT2D eigenvalue weighted by atomic mass is 32.1. The molecule has 0 spiro atoms. The predicted octanol–water partition coefficient (Wildman–Crippen LogP) is 4.56. The molecule has 5 heteroatoms. The average molecular weight is 306 g/mol. The number of carboxylic acids is 1. The third-order valence-corrected chi connectivity index (χ3v) is 5.76. The average Bonchev–Trinajstić information content (AvgIpc) is 3.06. The zero-order valence-electron chi connectivity index (χ0n) is 12.4. The van der Waals surface area contributed by atoms with Gasteiger partial charge in [-0.15, -0.1) is 0 Å². The first-order valence-electron chi connectivity index (χ1n) is 7.89. The Labute approximate surface area is 128 Å². The van der Waals surface area contributed by atoms with E-state index in [0.717, 1.165) is 29.4 Å². The van der Waals surface area contributed by atoms with E-state index in [1.807, 2.05) is 10.6 Å². The zero-order valence-corrected chi connectivity index (χ0v) is 13.2. The van der Waals surface area contributed by atoms with E-state index in [1.165, 1.54) is 43.4 Å². The summed E-state index contributed by atoms with van der Waals surface area (Å²) < 4.78 is 1.99. The Kier molecular flexibility index (Phi) is 4.29. The highest BCUT2D eigenvalue weighted by molar-refractivity contribution is 7.19. The number of unbranched alkanes of at least 4 members (excludes halogenated alkanes) is 1. The minimum absolute atomic E-state index is 0.372. The number of aromatic carboxylic acids is 1. The summed E-state index contributed by atoms with van der Waals surface area (Å²) in [5, 5.41) is 9.45. The third kappa shape index (κ3) is 2.84. The van der Waals surface area contributed by atoms with Crippen molar-refractivity contribution in [2.75, 3.05) is 0 Å². The Morgan fingerprint density at radius 1 is 1.43 bits per heavy atom. The fourth-order valence-electron chi connectivity index (χ4n) is 3.55. The summed E-state index contributed by atoms with van der Waals surface area (Å²) in [6.45, 7) is 2.24. The number of carboxylic acid groups (broad SMARTS) is 1. The lowest BCUT2D eigenvalue weighted by atomic mass is 9.78. The maximum absolute atomic E-state index is 11.5. The molecule has 0 atom stereocenters. The van der Waals surface area contributed by atoms with Crippen LogP contribution in [-0.4, -0.2) is 20.5 Å². The Bertz CT molecular complexity index is 623. The van der Waals surface area contributed by atoms with E-state index in [9.17, 15) is 9.90 Å². The second kappa shape index (κ2) is 6.18. The SMILES string of the molecule is CCCCC1CCC(c2c(C(=O)O)sc3nccn23)CC1. The zero-order chi connectivity index (χ0) is 14.8. The number of hydrogen-bond acceptors (Lipinski definition) is 3. The number of rotatable bonds is 5. The summed E-state index contributed by atoms with van der Waals surface area (Å²) in [5.41, 5.74) is 0.981. The normalized spacial score (nSPS) is 22.7. The number of thiazole rings is 1. The quantitative estimate of drug-likeness (QED) is 0.881. The van der Waals surface area contributed by atoms with Crippen molar-refractivity contribution < 1.29 is 9.90 Å². The number of hydrogen-bond donors (Lipinski definition) is 1. The lowest BCUT2D eigenvalue weighted by molar-refractivity contribution is 0.0699. The summed E-state index contributed by atoms with van der Waals surface area (Å²) >= 11 is 1.30. The molecule has 2 aromatic rings. The number of imidazole rings is 1. The highest BCUT2D eigenvalue weighted by Gasteiger charge is 2.29. The van der Waals surface area contributed by atoms with Gasteiger partial charge in [-0.3, -0.25) is 4.40 Å². The fraction of sp³-hybridized carbons (Fsp3) is 0.625. The number of aromatic nitrogens is 2. The largest absolute Gasteiger partial charge is 0.477 e. The van der Waals surface area contributed by atoms with Gasteiger partial charge in [-0.1, -0.05) is 37.5 Å². The third-order valence-electron chi connectivity index (χ3n) is 4.69. The van der Waals surface area contributed by atoms with Crippen molar-refractivity contribution in [1.82, 2.24) is 9.38 Å². The summed E-state index contributed by atoms with van der Waals surface area (Å²) in [5.74, 6) is 0.400. The Morgan fingerprint density at radius 3 is 2.86 bits per heavy atom. The van der Waals surface area contributed by atoms with Crippen LogP contribution in [0.2, 0.25) is 0 Å². The molecule has 21 heavy (non-hydrogen) atoms. The first kappa shape index (κ1) is 14.6. The molecule has 3 rings (SSSR count). The van der Waals surface area contributed by atoms with Crippen LogP contribution >= 0.6 is 11.3 Å². The Morgan fingerprint density at radius 2 is 2.19 bits per heavy atom. The number of carbonyl (C=O) groups is 1. The van der Waals surface area contributed by atoms with Crippen LogP contribution in [0.4, 0.5) is 0 Å². The minimum Gasteiger partial charge on any atom is -0.477 e. The second-order valence-electron chi connectivity index (χ2n) is 6.06. The van der Waals surface area contributed by atoms with Crippen molar-refractivity contribution in [2.24, 2.45) is 5.92 Å². The monoisotopic (exact) mass is 306 g/mol. The van der Waals surface area contributed by atoms with E-state index in [0.29, 0.717) is 10.8 Å². The van der Waals surface area contributed by atoms with Gasteiger partial charge in [0, 0.05) is 18.3 Å². The Balaban J connectivity index is 1.80. The molecule has 1 N–H and O–H groups in total. The van der Waals surface area contributed by atoms with Crippen LogP contribution < -0.4 is 0 Å². The minimum atomic E-state index is -0.811. The van der Waals surface area contributed by atoms with Crippen molar-refractivity contribution in [3.8, 4) is 0 Å². The van der Waals surface area contributed by atoms with E-state index in [2.05, 4.69) is 11.9 Å². The van der Waals surface area contributed by atoms with Gasteiger partial charge in [0.05, 0.1) is 5.69 Å². The molecule has 0 saturated heterocycles. The molecule has 1 fully saturated rings. The molecule has 0 unspecified atom stereocenters. The molecular formula is C16H22N2O2S. The van der Waals surface area contributed by atoms with E-state index < -0.39 is 5.97 Å². The van der Waals surface area contributed by atoms with Gasteiger partial charge in [-0.25, -0.2) is 9.78 Å². The molecule has 4 nitrogen and oxygen atoms in total. The van der Waals surface area contributed by atoms with Crippen molar-refractivity contribution in [3.05, 3.63) is 23.0 Å². The first-order valence-corrected chi connectivity index (χ1v) is 8.71. The van der Waals surface area contributed by atoms with Crippen molar-refractivity contribution in [1.29, 1.82) is 0 Å². The topological polar surface area (TPSA) is 54.6 Å². The van der Waals surface area contributed by atoms with Gasteiger partial charge in [0.1, 0.15) is 4.88 Å². The molecule has 0 aromatic carbocycles. The predicted molar refractivity (Wildman–Crippen MR) is 84.3 cm³/mol. The molecule has 0 aliphatic heterocycles. The van der Waals surface area contributed by atoms with Gasteiger partial charge < -0.3 is 5.11 Å². The molecule has 2 aromatic heterocycles. The van der Waals surface area contributed by atoms with Gasteiger partial charge in [0.2, 0.25) is 0 Å². The van der Waals surface area contributed by atoms with E-state index >= 15 is 0 Å². The standard InChI is InChI=1S/C16H22N2O2S/c1-2-3-4-11-5-7-12(8-6-11)13-14(15(19)20)21-16-17-9-10-18(13)16/h9-12H,2-8H2,1H3,(H,19,20). The molecular weight excluding hydrogens is 284 g/mol. The maximum atomic E-state index is 11.5. The molecule has 1 saturated carbocycles. The molecule has 0 amide bonds. The second-order valence-corrected chi connectivity index (χ2v) is 7.04. The maximum Gasteiger partial charge on any atom is 0.347 e. The van der Waals surface area contributed by atoms with E-state index in [1.54, 1.807) is 6.20 Å². The first-order chi connectivity index (χ1) is 10.2. The molecule has 0 radical (unpaired) electrons. The number of nitrogens with zero attached hydrogens (tertiary/aromatic N) is 2. The molecule has 0 bridgehead atoms. The van der Waals surface area contributed by atoms with Crippen LogP contribution in [0.15, 0.2) is 12.4 Å². The van der Waals surface area contributed by atoms with Crippen molar-refractivity contribution in [2.45, 2.75) is 57.8 Å². The van der Waals surface area contributed by atoms with Gasteiger partial charge in [-0.05, 0) is 31.6 Å². The van der Waals surface area contributed by atoms with Crippen molar-refractivity contribution >= 4 is 22.3 Å². The van der Waals surface area contributed by atoms with Gasteiger partial charge in [-0.2, -0.15) is 0 Å². The van der Waals surface area contributed by atoms with Crippen LogP contribution in [0.3, 0.4) is 0 Å². The van der Waals surface area contributed by atoms with Gasteiger partial charge >= 0.3 is 5.97 Å². The van der Waals surface area contributed by atoms with Crippen molar-refractivity contribution in [3.63, 3.8) is 0 Å². The van der Waals surface area contributed by atoms with Gasteiger partial charge in [0.15, 0.2) is 4.96 Å². The van der Waals surface area contributed by atoms with Crippen LogP contribution in [0.1, 0.15) is 73.2 Å². The lowest BCUT2D eigenvalue weighted by Gasteiger charge is -2.28. The highest BCUT2D eigenvalue weighted by Crippen LogP contribution is 2.40. The summed E-state index contributed by atoms with van der Waals surface area (Å²) in [6, 6.07) is 0. The molecule has 1 aliphatic rings. The van der Waals surface area contributed by atoms with Crippen LogP contribution in [0.25, 0.3) is 4.96 Å². The van der Waals surface area contributed by atoms with Crippen LogP contribution in [0.5, 0.6) is 0 Å². The number of fused-ring (bicyclic) bond motifs is 1. The molecule has 2 heterocycles. The van der Waals surface area contributed by atoms with Crippen LogP contribution in [0, 0.1) is 5.92 Å². The van der Waals surface area contributed by atoms with Gasteiger partial charge in [0.25, 0.3) is 0 Å².